The highest BCUT2D eigenvalue weighted by molar-refractivity contribution is 7.99. The molecule has 0 atom stereocenters. The minimum Gasteiger partial charge on any atom is -0.334 e. The van der Waals surface area contributed by atoms with E-state index in [0.29, 0.717) is 0 Å². The first kappa shape index (κ1) is 16.9. The fourth-order valence-electron chi connectivity index (χ4n) is 1.54. The summed E-state index contributed by atoms with van der Waals surface area (Å²) in [6, 6.07) is 4.12. The molecule has 0 fully saturated rings. The van der Waals surface area contributed by atoms with E-state index in [1.165, 1.54) is 12.1 Å². The second-order valence-electron chi connectivity index (χ2n) is 4.23. The van der Waals surface area contributed by atoms with Crippen LogP contribution < -0.4 is 22.4 Å². The molecule has 0 aliphatic heterocycles. The van der Waals surface area contributed by atoms with Gasteiger partial charge in [-0.15, -0.1) is 10.2 Å². The number of nitrogens with one attached hydrogen (secondary N) is 2. The van der Waals surface area contributed by atoms with Gasteiger partial charge in [0.1, 0.15) is 0 Å². The summed E-state index contributed by atoms with van der Waals surface area (Å²) in [6.45, 7) is 0. The van der Waals surface area contributed by atoms with Crippen molar-refractivity contribution < 1.29 is 18.0 Å². The monoisotopic (exact) mass is 347 g/mol. The highest BCUT2D eigenvalue weighted by Crippen LogP contribution is 2.29. The van der Waals surface area contributed by atoms with Gasteiger partial charge >= 0.3 is 6.18 Å². The fraction of sp³-hybridized carbons (Fsp3) is 0.182. The first-order valence-corrected chi connectivity index (χ1v) is 7.07. The molecule has 0 aliphatic carbocycles. The molecular weight excluding hydrogens is 335 g/mol. The van der Waals surface area contributed by atoms with Gasteiger partial charge in [-0.25, -0.2) is 10.5 Å². The molecular formula is C11H12F3N7OS. The van der Waals surface area contributed by atoms with Crippen LogP contribution in [0, 0.1) is 0 Å². The van der Waals surface area contributed by atoms with Crippen molar-refractivity contribution in [1.82, 2.24) is 14.9 Å². The molecule has 0 saturated heterocycles. The molecule has 0 bridgehead atoms. The van der Waals surface area contributed by atoms with Crippen LogP contribution in [-0.4, -0.2) is 26.5 Å². The molecule has 0 radical (unpaired) electrons. The molecule has 1 heterocycles. The van der Waals surface area contributed by atoms with E-state index in [0.717, 1.165) is 28.6 Å². The number of benzene rings is 1. The van der Waals surface area contributed by atoms with Gasteiger partial charge in [-0.3, -0.25) is 10.2 Å². The molecule has 1 aromatic carbocycles. The number of hydrogen-bond donors (Lipinski definition) is 4. The molecule has 0 spiro atoms. The lowest BCUT2D eigenvalue weighted by atomic mass is 10.2. The average Bonchev–Trinajstić information content (AvgIpc) is 2.85. The Labute approximate surface area is 132 Å². The maximum atomic E-state index is 12.4. The Morgan fingerprint density at radius 3 is 2.43 bits per heavy atom. The molecule has 0 saturated carbocycles. The van der Waals surface area contributed by atoms with Gasteiger partial charge < -0.3 is 11.2 Å². The average molecular weight is 347 g/mol. The largest absolute Gasteiger partial charge is 0.416 e. The van der Waals surface area contributed by atoms with Gasteiger partial charge in [0, 0.05) is 5.69 Å². The zero-order valence-corrected chi connectivity index (χ0v) is 12.3. The predicted molar refractivity (Wildman–Crippen MR) is 78.8 cm³/mol. The van der Waals surface area contributed by atoms with Crippen LogP contribution in [0.3, 0.4) is 0 Å². The highest BCUT2D eigenvalue weighted by Gasteiger charge is 2.29. The Balaban J connectivity index is 1.91. The summed E-state index contributed by atoms with van der Waals surface area (Å²) in [7, 11) is 0. The number of aromatic nitrogens is 3. The van der Waals surface area contributed by atoms with E-state index in [4.69, 9.17) is 11.7 Å². The van der Waals surface area contributed by atoms with E-state index < -0.39 is 17.6 Å². The highest BCUT2D eigenvalue weighted by atomic mass is 32.2. The maximum Gasteiger partial charge on any atom is 0.416 e. The number of amides is 1. The lowest BCUT2D eigenvalue weighted by Crippen LogP contribution is -2.19. The summed E-state index contributed by atoms with van der Waals surface area (Å²) in [5, 5.41) is 10.0. The summed E-state index contributed by atoms with van der Waals surface area (Å²) < 4.78 is 38.3. The maximum absolute atomic E-state index is 12.4. The molecule has 124 valence electrons. The van der Waals surface area contributed by atoms with Gasteiger partial charge in [-0.2, -0.15) is 13.2 Å². The van der Waals surface area contributed by atoms with E-state index in [2.05, 4.69) is 20.9 Å². The van der Waals surface area contributed by atoms with Crippen molar-refractivity contribution in [1.29, 1.82) is 0 Å². The Hall–Kier alpha value is -2.47. The number of nitrogen functional groups attached to an aromatic ring is 2. The standard InChI is InChI=1S/C11H12F3N7OS/c12-11(13,14)6-1-3-7(4-2-6)17-8(22)5-23-10-20-19-9(18-15)21(10)16/h1-4H,5,15-16H2,(H,17,22)(H,18,19). The molecule has 0 unspecified atom stereocenters. The predicted octanol–water partition coefficient (Wildman–Crippen LogP) is 1.03. The van der Waals surface area contributed by atoms with E-state index in [1.54, 1.807) is 0 Å². The van der Waals surface area contributed by atoms with Crippen molar-refractivity contribution in [2.75, 3.05) is 22.3 Å². The third-order valence-electron chi connectivity index (χ3n) is 2.62. The molecule has 2 aromatic rings. The number of anilines is 2. The van der Waals surface area contributed by atoms with Crippen LogP contribution in [0.2, 0.25) is 0 Å². The van der Waals surface area contributed by atoms with E-state index in [1.807, 2.05) is 0 Å². The zero-order valence-electron chi connectivity index (χ0n) is 11.5. The van der Waals surface area contributed by atoms with E-state index >= 15 is 0 Å². The van der Waals surface area contributed by atoms with E-state index in [9.17, 15) is 18.0 Å². The molecule has 6 N–H and O–H groups in total. The van der Waals surface area contributed by atoms with Crippen LogP contribution >= 0.6 is 11.8 Å². The van der Waals surface area contributed by atoms with Crippen LogP contribution in [0.15, 0.2) is 29.4 Å². The third-order valence-corrected chi connectivity index (χ3v) is 3.57. The zero-order chi connectivity index (χ0) is 17.0. The van der Waals surface area contributed by atoms with Gasteiger partial charge in [0.15, 0.2) is 0 Å². The van der Waals surface area contributed by atoms with Crippen LogP contribution in [0.5, 0.6) is 0 Å². The Morgan fingerprint density at radius 2 is 1.91 bits per heavy atom. The normalized spacial score (nSPS) is 11.3. The minimum absolute atomic E-state index is 0.0546. The minimum atomic E-state index is -4.42. The molecule has 1 amide bonds. The number of nitrogens with zero attached hydrogens (tertiary/aromatic N) is 3. The summed E-state index contributed by atoms with van der Waals surface area (Å²) in [4.78, 5) is 11.8. The Morgan fingerprint density at radius 1 is 1.26 bits per heavy atom. The summed E-state index contributed by atoms with van der Waals surface area (Å²) in [6.07, 6.45) is -4.42. The third kappa shape index (κ3) is 4.26. The first-order chi connectivity index (χ1) is 10.8. The van der Waals surface area contributed by atoms with Crippen molar-refractivity contribution in [3.05, 3.63) is 29.8 Å². The first-order valence-electron chi connectivity index (χ1n) is 6.08. The smallest absolute Gasteiger partial charge is 0.334 e. The Kier molecular flexibility index (Phi) is 4.95. The van der Waals surface area contributed by atoms with Gasteiger partial charge in [-0.1, -0.05) is 11.8 Å². The van der Waals surface area contributed by atoms with Crippen LogP contribution in [0.1, 0.15) is 5.56 Å². The van der Waals surface area contributed by atoms with Crippen molar-refractivity contribution in [3.63, 3.8) is 0 Å². The molecule has 12 heteroatoms. The van der Waals surface area contributed by atoms with Gasteiger partial charge in [-0.05, 0) is 24.3 Å². The Bertz CT molecular complexity index is 686. The van der Waals surface area contributed by atoms with Gasteiger partial charge in [0.2, 0.25) is 11.1 Å². The van der Waals surface area contributed by atoms with Gasteiger partial charge in [0.05, 0.1) is 11.3 Å². The van der Waals surface area contributed by atoms with Crippen molar-refractivity contribution >= 4 is 29.3 Å². The fourth-order valence-corrected chi connectivity index (χ4v) is 2.20. The summed E-state index contributed by atoms with van der Waals surface area (Å²) in [5.74, 6) is 10.4. The van der Waals surface area contributed by atoms with Crippen molar-refractivity contribution in [2.24, 2.45) is 5.84 Å². The second-order valence-corrected chi connectivity index (χ2v) is 5.17. The number of rotatable bonds is 5. The molecule has 23 heavy (non-hydrogen) atoms. The van der Waals surface area contributed by atoms with Crippen molar-refractivity contribution in [3.8, 4) is 0 Å². The number of thioether (sulfide) groups is 1. The molecule has 8 nitrogen and oxygen atoms in total. The number of carbonyl (C=O) groups is 1. The number of alkyl halides is 3. The van der Waals surface area contributed by atoms with Crippen LogP contribution in [0.25, 0.3) is 0 Å². The molecule has 2 rings (SSSR count). The van der Waals surface area contributed by atoms with Gasteiger partial charge in [0.25, 0.3) is 5.95 Å². The number of carbonyl (C=O) groups excluding carboxylic acids is 1. The second kappa shape index (κ2) is 6.75. The lowest BCUT2D eigenvalue weighted by Gasteiger charge is -2.08. The quantitative estimate of drug-likeness (QED) is 0.362. The lowest BCUT2D eigenvalue weighted by molar-refractivity contribution is -0.137. The summed E-state index contributed by atoms with van der Waals surface area (Å²) >= 11 is 0.995. The van der Waals surface area contributed by atoms with Crippen LogP contribution in [0.4, 0.5) is 24.8 Å². The topological polar surface area (TPSA) is 124 Å². The summed E-state index contributed by atoms with van der Waals surface area (Å²) in [5.41, 5.74) is 1.68. The molecule has 0 aliphatic rings. The number of halogens is 3. The number of hydrazine groups is 1. The van der Waals surface area contributed by atoms with Crippen LogP contribution in [-0.2, 0) is 11.0 Å². The van der Waals surface area contributed by atoms with Crippen molar-refractivity contribution in [2.45, 2.75) is 11.3 Å². The number of hydrogen-bond acceptors (Lipinski definition) is 7. The van der Waals surface area contributed by atoms with E-state index in [-0.39, 0.29) is 22.5 Å². The SMILES string of the molecule is NNc1nnc(SCC(=O)Nc2ccc(C(F)(F)F)cc2)n1N. The molecule has 1 aromatic heterocycles. The number of nitrogens with two attached hydrogens (primary N) is 2.